The number of carboxylic acids is 1. The molecular weight excluding hydrogens is 466 g/mol. The lowest BCUT2D eigenvalue weighted by molar-refractivity contribution is -0.141. The molecule has 0 aromatic heterocycles. The van der Waals surface area contributed by atoms with Crippen LogP contribution in [0.15, 0.2) is 0 Å². The number of hydrogen-bond acceptors (Lipinski definition) is 8. The molecule has 13 heteroatoms. The van der Waals surface area contributed by atoms with Crippen LogP contribution in [0.5, 0.6) is 0 Å². The number of carboxylic acid groups (broad SMARTS) is 1. The molecule has 0 spiro atoms. The Bertz CT molecular complexity index is 705. The summed E-state index contributed by atoms with van der Waals surface area (Å²) >= 11 is 1.43. The molecule has 34 heavy (non-hydrogen) atoms. The number of carbonyl (C=O) groups is 5. The fourth-order valence-corrected chi connectivity index (χ4v) is 3.37. The molecule has 8 N–H and O–H groups in total. The molecule has 0 bridgehead atoms. The number of nitrogens with one attached hydrogen (secondary N) is 4. The summed E-state index contributed by atoms with van der Waals surface area (Å²) in [6, 6.07) is -4.27. The number of aliphatic carboxylic acids is 1. The normalized spacial score (nSPS) is 14.6. The quantitative estimate of drug-likeness (QED) is 0.129. The smallest absolute Gasteiger partial charge is 0.326 e. The summed E-state index contributed by atoms with van der Waals surface area (Å²) in [6.45, 7) is 5.94. The van der Waals surface area contributed by atoms with Crippen molar-refractivity contribution in [1.82, 2.24) is 21.3 Å². The van der Waals surface area contributed by atoms with Gasteiger partial charge in [-0.15, -0.1) is 0 Å². The molecule has 0 aliphatic carbocycles. The number of aliphatic hydroxyl groups excluding tert-OH is 1. The largest absolute Gasteiger partial charge is 0.480 e. The zero-order valence-corrected chi connectivity index (χ0v) is 21.2. The number of nitrogens with two attached hydrogens (primary N) is 1. The van der Waals surface area contributed by atoms with Crippen LogP contribution in [0.3, 0.4) is 0 Å². The van der Waals surface area contributed by atoms with E-state index in [0.717, 1.165) is 0 Å². The summed E-state index contributed by atoms with van der Waals surface area (Å²) < 4.78 is 0. The van der Waals surface area contributed by atoms with Crippen molar-refractivity contribution >= 4 is 41.4 Å². The van der Waals surface area contributed by atoms with E-state index in [1.165, 1.54) is 11.8 Å². The Morgan fingerprint density at radius 3 is 2.00 bits per heavy atom. The Labute approximate surface area is 204 Å². The minimum Gasteiger partial charge on any atom is -0.480 e. The molecule has 0 aromatic rings. The van der Waals surface area contributed by atoms with Gasteiger partial charge in [-0.25, -0.2) is 4.79 Å². The highest BCUT2D eigenvalue weighted by molar-refractivity contribution is 7.98. The number of rotatable bonds is 16. The van der Waals surface area contributed by atoms with Gasteiger partial charge in [-0.05, 0) is 36.7 Å². The van der Waals surface area contributed by atoms with E-state index < -0.39 is 66.9 Å². The van der Waals surface area contributed by atoms with Crippen LogP contribution in [0.1, 0.15) is 40.5 Å². The van der Waals surface area contributed by atoms with E-state index in [2.05, 4.69) is 21.3 Å². The number of hydrogen-bond donors (Lipinski definition) is 7. The van der Waals surface area contributed by atoms with Gasteiger partial charge < -0.3 is 37.2 Å². The van der Waals surface area contributed by atoms with E-state index in [1.54, 1.807) is 20.1 Å². The molecule has 0 unspecified atom stereocenters. The molecule has 196 valence electrons. The molecule has 0 aromatic carbocycles. The van der Waals surface area contributed by atoms with Gasteiger partial charge in [0.1, 0.15) is 18.1 Å². The van der Waals surface area contributed by atoms with Crippen molar-refractivity contribution in [2.45, 2.75) is 64.7 Å². The summed E-state index contributed by atoms with van der Waals surface area (Å²) in [4.78, 5) is 60.6. The van der Waals surface area contributed by atoms with E-state index in [0.29, 0.717) is 12.2 Å². The van der Waals surface area contributed by atoms with Crippen LogP contribution in [0, 0.1) is 11.8 Å². The molecular formula is C21H39N5O7S. The Hall–Kier alpha value is -2.38. The third kappa shape index (κ3) is 12.2. The highest BCUT2D eigenvalue weighted by Gasteiger charge is 2.30. The van der Waals surface area contributed by atoms with Gasteiger partial charge in [0.05, 0.1) is 19.2 Å². The Morgan fingerprint density at radius 1 is 0.912 bits per heavy atom. The lowest BCUT2D eigenvalue weighted by Crippen LogP contribution is -2.58. The fraction of sp³-hybridized carbons (Fsp3) is 0.762. The van der Waals surface area contributed by atoms with Gasteiger partial charge in [0.15, 0.2) is 0 Å². The van der Waals surface area contributed by atoms with Crippen molar-refractivity contribution in [3.8, 4) is 0 Å². The highest BCUT2D eigenvalue weighted by Crippen LogP contribution is 2.07. The predicted molar refractivity (Wildman–Crippen MR) is 129 cm³/mol. The highest BCUT2D eigenvalue weighted by atomic mass is 32.2. The first-order valence-electron chi connectivity index (χ1n) is 11.1. The third-order valence-electron chi connectivity index (χ3n) is 4.79. The summed E-state index contributed by atoms with van der Waals surface area (Å²) in [5.74, 6) is -3.58. The van der Waals surface area contributed by atoms with Gasteiger partial charge in [0.25, 0.3) is 0 Å². The van der Waals surface area contributed by atoms with Crippen LogP contribution < -0.4 is 27.0 Å². The van der Waals surface area contributed by atoms with Crippen LogP contribution in [0.4, 0.5) is 0 Å². The second kappa shape index (κ2) is 16.3. The lowest BCUT2D eigenvalue weighted by Gasteiger charge is -2.26. The molecule has 4 amide bonds. The lowest BCUT2D eigenvalue weighted by atomic mass is 10.00. The molecule has 0 heterocycles. The van der Waals surface area contributed by atoms with Crippen molar-refractivity contribution in [2.24, 2.45) is 17.6 Å². The summed E-state index contributed by atoms with van der Waals surface area (Å²) in [7, 11) is 0. The first-order valence-corrected chi connectivity index (χ1v) is 12.5. The maximum absolute atomic E-state index is 12.7. The van der Waals surface area contributed by atoms with Gasteiger partial charge in [-0.3, -0.25) is 19.2 Å². The second-order valence-corrected chi connectivity index (χ2v) is 9.65. The molecule has 0 saturated heterocycles. The van der Waals surface area contributed by atoms with Gasteiger partial charge in [-0.1, -0.05) is 27.7 Å². The van der Waals surface area contributed by atoms with Crippen LogP contribution in [0.25, 0.3) is 0 Å². The van der Waals surface area contributed by atoms with Crippen molar-refractivity contribution in [2.75, 3.05) is 25.2 Å². The first-order chi connectivity index (χ1) is 15.8. The number of carbonyl (C=O) groups excluding carboxylic acids is 4. The molecule has 0 aliphatic heterocycles. The van der Waals surface area contributed by atoms with E-state index >= 15 is 0 Å². The Balaban J connectivity index is 4.94. The Kier molecular flexibility index (Phi) is 15.1. The second-order valence-electron chi connectivity index (χ2n) is 8.67. The predicted octanol–water partition coefficient (Wildman–Crippen LogP) is -1.58. The van der Waals surface area contributed by atoms with Crippen LogP contribution in [-0.2, 0) is 24.0 Å². The molecule has 0 aliphatic rings. The molecule has 4 atom stereocenters. The topological polar surface area (TPSA) is 200 Å². The van der Waals surface area contributed by atoms with Crippen molar-refractivity contribution in [3.05, 3.63) is 0 Å². The van der Waals surface area contributed by atoms with Gasteiger partial charge in [-0.2, -0.15) is 11.8 Å². The summed E-state index contributed by atoms with van der Waals surface area (Å²) in [5, 5.41) is 28.2. The average Bonchev–Trinajstić information content (AvgIpc) is 2.75. The van der Waals surface area contributed by atoms with Crippen molar-refractivity contribution in [1.29, 1.82) is 0 Å². The fourth-order valence-electron chi connectivity index (χ4n) is 2.89. The zero-order valence-electron chi connectivity index (χ0n) is 20.4. The number of thioether (sulfide) groups is 1. The van der Waals surface area contributed by atoms with E-state index in [9.17, 15) is 29.1 Å². The van der Waals surface area contributed by atoms with Crippen LogP contribution in [0.2, 0.25) is 0 Å². The maximum Gasteiger partial charge on any atom is 0.326 e. The van der Waals surface area contributed by atoms with E-state index in [4.69, 9.17) is 10.8 Å². The van der Waals surface area contributed by atoms with E-state index in [1.807, 2.05) is 13.8 Å². The molecule has 0 rings (SSSR count). The standard InChI is InChI=1S/C21H39N5O7S/c1-11(2)8-13(22)18(29)26-17(12(3)4)20(31)25-15(10-27)19(30)23-9-16(28)24-14(21(32)33)6-7-34-5/h11-15,17,27H,6-10,22H2,1-5H3,(H,23,30)(H,24,28)(H,25,31)(H,26,29)(H,32,33)/t13-,14-,15-,17-/m0/s1. The molecule has 0 saturated carbocycles. The van der Waals surface area contributed by atoms with E-state index in [-0.39, 0.29) is 18.3 Å². The SMILES string of the molecule is CSCC[C@H](NC(=O)CNC(=O)[C@H](CO)NC(=O)[C@@H](NC(=O)[C@@H](N)CC(C)C)C(C)C)C(=O)O. The van der Waals surface area contributed by atoms with Gasteiger partial charge in [0, 0.05) is 0 Å². The molecule has 0 fully saturated rings. The van der Waals surface area contributed by atoms with Crippen LogP contribution in [-0.4, -0.2) is 89.1 Å². The summed E-state index contributed by atoms with van der Waals surface area (Å²) in [6.07, 6.45) is 2.45. The van der Waals surface area contributed by atoms with Gasteiger partial charge >= 0.3 is 5.97 Å². The van der Waals surface area contributed by atoms with Crippen molar-refractivity contribution in [3.63, 3.8) is 0 Å². The minimum atomic E-state index is -1.38. The first kappa shape index (κ1) is 31.6. The maximum atomic E-state index is 12.7. The Morgan fingerprint density at radius 2 is 1.53 bits per heavy atom. The number of amides is 4. The minimum absolute atomic E-state index is 0.183. The van der Waals surface area contributed by atoms with Gasteiger partial charge in [0.2, 0.25) is 23.6 Å². The van der Waals surface area contributed by atoms with Crippen molar-refractivity contribution < 1.29 is 34.2 Å². The van der Waals surface area contributed by atoms with Crippen LogP contribution >= 0.6 is 11.8 Å². The zero-order chi connectivity index (χ0) is 26.4. The molecule has 0 radical (unpaired) electrons. The monoisotopic (exact) mass is 505 g/mol. The average molecular weight is 506 g/mol. The molecule has 12 nitrogen and oxygen atoms in total. The number of aliphatic hydroxyl groups is 1. The third-order valence-corrected chi connectivity index (χ3v) is 5.44. The summed E-state index contributed by atoms with van der Waals surface area (Å²) in [5.41, 5.74) is 5.87.